The molecule has 0 bridgehead atoms. The van der Waals surface area contributed by atoms with Gasteiger partial charge in [0, 0.05) is 23.2 Å². The highest BCUT2D eigenvalue weighted by Gasteiger charge is 2.08. The minimum Gasteiger partial charge on any atom is -0.294 e. The van der Waals surface area contributed by atoms with E-state index in [0.29, 0.717) is 5.02 Å². The molecule has 2 rings (SSSR count). The molecule has 2 aromatic rings. The van der Waals surface area contributed by atoms with Crippen LogP contribution >= 0.6 is 11.6 Å². The fourth-order valence-corrected chi connectivity index (χ4v) is 1.58. The number of rotatable bonds is 3. The number of Topliss-reactive ketones (excluding diaryl/α,β-unsaturated/α-hetero) is 1. The third kappa shape index (κ3) is 3.11. The normalized spacial score (nSPS) is 10.2. The lowest BCUT2D eigenvalue weighted by atomic mass is 10.0. The van der Waals surface area contributed by atoms with Gasteiger partial charge in [-0.15, -0.1) is 0 Å². The van der Waals surface area contributed by atoms with E-state index in [1.54, 1.807) is 24.3 Å². The first-order valence-electron chi connectivity index (χ1n) is 5.03. The zero-order valence-electron chi connectivity index (χ0n) is 8.86. The van der Waals surface area contributed by atoms with Crippen molar-refractivity contribution in [1.82, 2.24) is 4.98 Å². The summed E-state index contributed by atoms with van der Waals surface area (Å²) in [6, 6.07) is 8.16. The summed E-state index contributed by atoms with van der Waals surface area (Å²) in [5, 5.41) is 0.619. The highest BCUT2D eigenvalue weighted by molar-refractivity contribution is 6.30. The highest BCUT2D eigenvalue weighted by atomic mass is 35.5. The number of halogens is 2. The van der Waals surface area contributed by atoms with Crippen LogP contribution in [0.1, 0.15) is 15.9 Å². The Morgan fingerprint density at radius 1 is 1.24 bits per heavy atom. The molecule has 0 saturated heterocycles. The Bertz CT molecular complexity index is 539. The molecule has 1 aromatic carbocycles. The van der Waals surface area contributed by atoms with Crippen molar-refractivity contribution in [3.8, 4) is 0 Å². The standard InChI is InChI=1S/C13H9ClFNO/c14-11-3-1-9(2-4-11)5-13(17)10-6-12(15)8-16-7-10/h1-4,6-8H,5H2. The SMILES string of the molecule is O=C(Cc1ccc(Cl)cc1)c1cncc(F)c1. The lowest BCUT2D eigenvalue weighted by Crippen LogP contribution is -2.04. The second-order valence-corrected chi connectivity index (χ2v) is 4.05. The first kappa shape index (κ1) is 11.7. The first-order chi connectivity index (χ1) is 8.15. The summed E-state index contributed by atoms with van der Waals surface area (Å²) in [5.74, 6) is -0.675. The molecule has 0 fully saturated rings. The van der Waals surface area contributed by atoms with E-state index in [9.17, 15) is 9.18 Å². The average Bonchev–Trinajstić information content (AvgIpc) is 2.32. The molecule has 0 aliphatic rings. The van der Waals surface area contributed by atoms with Crippen LogP contribution in [0.3, 0.4) is 0 Å². The molecule has 0 N–H and O–H groups in total. The Morgan fingerprint density at radius 3 is 2.59 bits per heavy atom. The van der Waals surface area contributed by atoms with Crippen LogP contribution in [0, 0.1) is 5.82 Å². The number of pyridine rings is 1. The zero-order chi connectivity index (χ0) is 12.3. The third-order valence-corrected chi connectivity index (χ3v) is 2.56. The van der Waals surface area contributed by atoms with E-state index in [1.807, 2.05) is 0 Å². The summed E-state index contributed by atoms with van der Waals surface area (Å²) in [5.41, 5.74) is 1.11. The van der Waals surface area contributed by atoms with Crippen molar-refractivity contribution in [2.45, 2.75) is 6.42 Å². The topological polar surface area (TPSA) is 30.0 Å². The average molecular weight is 250 g/mol. The van der Waals surface area contributed by atoms with Gasteiger partial charge in [-0.1, -0.05) is 23.7 Å². The van der Waals surface area contributed by atoms with Crippen molar-refractivity contribution >= 4 is 17.4 Å². The molecule has 0 amide bonds. The van der Waals surface area contributed by atoms with Gasteiger partial charge in [-0.25, -0.2) is 4.39 Å². The van der Waals surface area contributed by atoms with E-state index in [0.717, 1.165) is 11.8 Å². The van der Waals surface area contributed by atoms with Gasteiger partial charge in [0.15, 0.2) is 5.78 Å². The van der Waals surface area contributed by atoms with E-state index in [4.69, 9.17) is 11.6 Å². The van der Waals surface area contributed by atoms with E-state index >= 15 is 0 Å². The molecular weight excluding hydrogens is 241 g/mol. The van der Waals surface area contributed by atoms with E-state index in [-0.39, 0.29) is 17.8 Å². The van der Waals surface area contributed by atoms with Gasteiger partial charge < -0.3 is 0 Å². The molecule has 0 unspecified atom stereocenters. The number of carbonyl (C=O) groups excluding carboxylic acids is 1. The van der Waals surface area contributed by atoms with Crippen LogP contribution in [0.25, 0.3) is 0 Å². The third-order valence-electron chi connectivity index (χ3n) is 2.30. The van der Waals surface area contributed by atoms with Crippen LogP contribution in [-0.4, -0.2) is 10.8 Å². The van der Waals surface area contributed by atoms with Gasteiger partial charge in [-0.3, -0.25) is 9.78 Å². The fourth-order valence-electron chi connectivity index (χ4n) is 1.45. The van der Waals surface area contributed by atoms with Crippen LogP contribution in [0.4, 0.5) is 4.39 Å². The van der Waals surface area contributed by atoms with Crippen LogP contribution in [0.5, 0.6) is 0 Å². The number of hydrogen-bond donors (Lipinski definition) is 0. The van der Waals surface area contributed by atoms with Crippen molar-refractivity contribution in [3.63, 3.8) is 0 Å². The molecule has 0 atom stereocenters. The maximum absolute atomic E-state index is 12.9. The summed E-state index contributed by atoms with van der Waals surface area (Å²) in [6.07, 6.45) is 2.64. The smallest absolute Gasteiger partial charge is 0.168 e. The predicted octanol–water partition coefficient (Wildman–Crippen LogP) is 3.30. The number of hydrogen-bond acceptors (Lipinski definition) is 2. The molecular formula is C13H9ClFNO. The summed E-state index contributed by atoms with van der Waals surface area (Å²) >= 11 is 5.74. The quantitative estimate of drug-likeness (QED) is 0.782. The summed E-state index contributed by atoms with van der Waals surface area (Å²) in [6.45, 7) is 0. The van der Waals surface area contributed by atoms with Gasteiger partial charge in [-0.05, 0) is 23.8 Å². The summed E-state index contributed by atoms with van der Waals surface area (Å²) < 4.78 is 12.9. The molecule has 1 heterocycles. The molecule has 86 valence electrons. The highest BCUT2D eigenvalue weighted by Crippen LogP contribution is 2.12. The second kappa shape index (κ2) is 5.06. The summed E-state index contributed by atoms with van der Waals surface area (Å²) in [4.78, 5) is 15.5. The van der Waals surface area contributed by atoms with Gasteiger partial charge in [0.1, 0.15) is 5.82 Å². The maximum atomic E-state index is 12.9. The lowest BCUT2D eigenvalue weighted by Gasteiger charge is -2.01. The lowest BCUT2D eigenvalue weighted by molar-refractivity contribution is 0.0992. The molecule has 0 aliphatic carbocycles. The molecule has 2 nitrogen and oxygen atoms in total. The number of nitrogens with zero attached hydrogens (tertiary/aromatic N) is 1. The van der Waals surface area contributed by atoms with Crippen molar-refractivity contribution in [2.75, 3.05) is 0 Å². The van der Waals surface area contributed by atoms with Gasteiger partial charge in [0.2, 0.25) is 0 Å². The molecule has 4 heteroatoms. The number of carbonyl (C=O) groups is 1. The van der Waals surface area contributed by atoms with Crippen LogP contribution in [0.2, 0.25) is 5.02 Å². The predicted molar refractivity (Wildman–Crippen MR) is 63.7 cm³/mol. The Hall–Kier alpha value is -1.74. The van der Waals surface area contributed by atoms with E-state index in [2.05, 4.69) is 4.98 Å². The Labute approximate surface area is 103 Å². The fraction of sp³-hybridized carbons (Fsp3) is 0.0769. The minimum absolute atomic E-state index is 0.167. The number of ketones is 1. The van der Waals surface area contributed by atoms with Crippen molar-refractivity contribution in [2.24, 2.45) is 0 Å². The Kier molecular flexibility index (Phi) is 3.49. The van der Waals surface area contributed by atoms with Crippen LogP contribution in [-0.2, 0) is 6.42 Å². The minimum atomic E-state index is -0.507. The molecule has 0 spiro atoms. The van der Waals surface area contributed by atoms with Gasteiger partial charge in [0.05, 0.1) is 6.20 Å². The molecule has 0 aliphatic heterocycles. The molecule has 1 aromatic heterocycles. The Morgan fingerprint density at radius 2 is 1.94 bits per heavy atom. The second-order valence-electron chi connectivity index (χ2n) is 3.62. The van der Waals surface area contributed by atoms with Crippen LogP contribution < -0.4 is 0 Å². The summed E-state index contributed by atoms with van der Waals surface area (Å²) in [7, 11) is 0. The molecule has 0 saturated carbocycles. The van der Waals surface area contributed by atoms with E-state index < -0.39 is 5.82 Å². The monoisotopic (exact) mass is 249 g/mol. The van der Waals surface area contributed by atoms with Gasteiger partial charge in [-0.2, -0.15) is 0 Å². The van der Waals surface area contributed by atoms with Crippen molar-refractivity contribution < 1.29 is 9.18 Å². The number of benzene rings is 1. The number of aromatic nitrogens is 1. The Balaban J connectivity index is 2.14. The van der Waals surface area contributed by atoms with E-state index in [1.165, 1.54) is 12.3 Å². The van der Waals surface area contributed by atoms with Crippen molar-refractivity contribution in [1.29, 1.82) is 0 Å². The maximum Gasteiger partial charge on any atom is 0.168 e. The molecule has 17 heavy (non-hydrogen) atoms. The van der Waals surface area contributed by atoms with Crippen molar-refractivity contribution in [3.05, 3.63) is 64.7 Å². The van der Waals surface area contributed by atoms with Gasteiger partial charge >= 0.3 is 0 Å². The van der Waals surface area contributed by atoms with Gasteiger partial charge in [0.25, 0.3) is 0 Å². The van der Waals surface area contributed by atoms with Crippen LogP contribution in [0.15, 0.2) is 42.7 Å². The first-order valence-corrected chi connectivity index (χ1v) is 5.41. The molecule has 0 radical (unpaired) electrons. The zero-order valence-corrected chi connectivity index (χ0v) is 9.62. The largest absolute Gasteiger partial charge is 0.294 e.